The predicted molar refractivity (Wildman–Crippen MR) is 100 cm³/mol. The molecule has 0 bridgehead atoms. The molecule has 0 aliphatic heterocycles. The molecule has 0 amide bonds. The second-order valence-electron chi connectivity index (χ2n) is 5.44. The highest BCUT2D eigenvalue weighted by atomic mass is 32.1. The highest BCUT2D eigenvalue weighted by molar-refractivity contribution is 7.83. The van der Waals surface area contributed by atoms with E-state index in [-0.39, 0.29) is 0 Å². The number of aromatic nitrogens is 1. The van der Waals surface area contributed by atoms with E-state index < -0.39 is 16.7 Å². The molecule has 0 unspecified atom stereocenters. The third-order valence-corrected chi connectivity index (χ3v) is 3.87. The van der Waals surface area contributed by atoms with Crippen molar-refractivity contribution in [2.45, 2.75) is 11.7 Å². The van der Waals surface area contributed by atoms with Crippen LogP contribution in [0.4, 0.5) is 0 Å². The number of carboxylic acids is 2. The monoisotopic (exact) mass is 371 g/mol. The number of carbonyl (C=O) groups is 2. The van der Waals surface area contributed by atoms with Crippen molar-refractivity contribution in [1.82, 2.24) is 4.98 Å². The number of benzene rings is 2. The van der Waals surface area contributed by atoms with Crippen molar-refractivity contribution >= 4 is 24.6 Å². The Balaban J connectivity index is 0.000000232. The lowest BCUT2D eigenvalue weighted by atomic mass is 10.1. The van der Waals surface area contributed by atoms with E-state index in [1.165, 1.54) is 6.39 Å². The summed E-state index contributed by atoms with van der Waals surface area (Å²) in [6.07, 6.45) is 1.49. The Kier molecular flexibility index (Phi) is 6.19. The second-order valence-corrected chi connectivity index (χ2v) is 6.34. The SMILES string of the molecule is CC(S)(C(=O)O)C(=O)O.c1ccc(-c2ncoc2-c2ccccc2)cc1. The van der Waals surface area contributed by atoms with Gasteiger partial charge >= 0.3 is 11.9 Å². The minimum Gasteiger partial charge on any atom is -0.480 e. The Morgan fingerprint density at radius 1 is 0.923 bits per heavy atom. The number of thiol groups is 1. The van der Waals surface area contributed by atoms with Gasteiger partial charge in [-0.25, -0.2) is 4.98 Å². The van der Waals surface area contributed by atoms with Crippen LogP contribution in [0, 0.1) is 0 Å². The van der Waals surface area contributed by atoms with Crippen molar-refractivity contribution in [3.8, 4) is 22.6 Å². The first-order chi connectivity index (χ1) is 12.3. The van der Waals surface area contributed by atoms with E-state index in [2.05, 4.69) is 17.6 Å². The van der Waals surface area contributed by atoms with Crippen LogP contribution in [0.5, 0.6) is 0 Å². The zero-order valence-corrected chi connectivity index (χ0v) is 14.8. The maximum absolute atomic E-state index is 10.0. The van der Waals surface area contributed by atoms with Gasteiger partial charge in [0.05, 0.1) is 0 Å². The van der Waals surface area contributed by atoms with Crippen LogP contribution in [-0.4, -0.2) is 31.9 Å². The van der Waals surface area contributed by atoms with E-state index >= 15 is 0 Å². The van der Waals surface area contributed by atoms with E-state index in [0.29, 0.717) is 0 Å². The molecule has 7 heteroatoms. The van der Waals surface area contributed by atoms with Crippen LogP contribution >= 0.6 is 12.6 Å². The standard InChI is InChI=1S/C15H11NO.C4H6O4S/c1-3-7-12(8-4-1)14-15(17-11-16-14)13-9-5-2-6-10-13;1-4(9,2(5)6)3(7)8/h1-11H;9H,1H3,(H,5,6)(H,7,8). The van der Waals surface area contributed by atoms with Gasteiger partial charge in [0.1, 0.15) is 5.69 Å². The zero-order valence-electron chi connectivity index (χ0n) is 13.9. The predicted octanol–water partition coefficient (Wildman–Crippen LogP) is 3.85. The number of oxazole rings is 1. The minimum absolute atomic E-state index is 0.816. The number of rotatable bonds is 4. The van der Waals surface area contributed by atoms with Gasteiger partial charge in [0.2, 0.25) is 4.75 Å². The van der Waals surface area contributed by atoms with Gasteiger partial charge in [-0.1, -0.05) is 60.7 Å². The summed E-state index contributed by atoms with van der Waals surface area (Å²) in [7, 11) is 0. The number of carboxylic acid groups (broad SMARTS) is 2. The van der Waals surface area contributed by atoms with Crippen LogP contribution in [0.3, 0.4) is 0 Å². The molecule has 1 aromatic heterocycles. The smallest absolute Gasteiger partial charge is 0.330 e. The van der Waals surface area contributed by atoms with Crippen LogP contribution in [0.2, 0.25) is 0 Å². The van der Waals surface area contributed by atoms with Gasteiger partial charge < -0.3 is 14.6 Å². The summed E-state index contributed by atoms with van der Waals surface area (Å²) in [5.41, 5.74) is 3.00. The Bertz CT molecular complexity index is 805. The average Bonchev–Trinajstić information content (AvgIpc) is 3.13. The summed E-state index contributed by atoms with van der Waals surface area (Å²) in [5.74, 6) is -2.10. The number of aliphatic carboxylic acids is 2. The molecule has 0 saturated heterocycles. The average molecular weight is 371 g/mol. The minimum atomic E-state index is -1.97. The molecule has 0 atom stereocenters. The third kappa shape index (κ3) is 4.52. The fourth-order valence-corrected chi connectivity index (χ4v) is 1.93. The molecule has 0 fully saturated rings. The molecule has 6 nitrogen and oxygen atoms in total. The molecule has 1 heterocycles. The van der Waals surface area contributed by atoms with Crippen LogP contribution in [0.15, 0.2) is 71.5 Å². The van der Waals surface area contributed by atoms with E-state index in [1.807, 2.05) is 60.7 Å². The Morgan fingerprint density at radius 3 is 1.81 bits per heavy atom. The molecule has 26 heavy (non-hydrogen) atoms. The molecular formula is C19H17NO5S. The maximum Gasteiger partial charge on any atom is 0.330 e. The summed E-state index contributed by atoms with van der Waals surface area (Å²) in [5, 5.41) is 16.3. The number of hydrogen-bond donors (Lipinski definition) is 3. The van der Waals surface area contributed by atoms with E-state index in [9.17, 15) is 9.59 Å². The van der Waals surface area contributed by atoms with Gasteiger partial charge in [-0.3, -0.25) is 9.59 Å². The largest absolute Gasteiger partial charge is 0.480 e. The van der Waals surface area contributed by atoms with E-state index in [0.717, 1.165) is 29.5 Å². The topological polar surface area (TPSA) is 101 Å². The van der Waals surface area contributed by atoms with Crippen molar-refractivity contribution in [3.63, 3.8) is 0 Å². The van der Waals surface area contributed by atoms with Crippen molar-refractivity contribution in [3.05, 3.63) is 67.1 Å². The van der Waals surface area contributed by atoms with Gasteiger partial charge in [0.25, 0.3) is 0 Å². The van der Waals surface area contributed by atoms with Crippen molar-refractivity contribution < 1.29 is 24.2 Å². The quantitative estimate of drug-likeness (QED) is 0.476. The summed E-state index contributed by atoms with van der Waals surface area (Å²) < 4.78 is 3.52. The summed E-state index contributed by atoms with van der Waals surface area (Å²) >= 11 is 3.38. The van der Waals surface area contributed by atoms with Gasteiger partial charge in [-0.05, 0) is 6.92 Å². The van der Waals surface area contributed by atoms with Gasteiger partial charge in [0.15, 0.2) is 12.2 Å². The molecule has 0 aliphatic carbocycles. The van der Waals surface area contributed by atoms with E-state index in [1.54, 1.807) is 0 Å². The van der Waals surface area contributed by atoms with Crippen LogP contribution < -0.4 is 0 Å². The van der Waals surface area contributed by atoms with Crippen molar-refractivity contribution in [2.75, 3.05) is 0 Å². The number of nitrogens with zero attached hydrogens (tertiary/aromatic N) is 1. The molecular weight excluding hydrogens is 354 g/mol. The molecule has 2 aromatic carbocycles. The lowest BCUT2D eigenvalue weighted by molar-refractivity contribution is -0.150. The van der Waals surface area contributed by atoms with Crippen molar-refractivity contribution in [1.29, 1.82) is 0 Å². The Morgan fingerprint density at radius 2 is 1.38 bits per heavy atom. The molecule has 0 spiro atoms. The molecule has 0 aliphatic rings. The number of hydrogen-bond acceptors (Lipinski definition) is 5. The lowest BCUT2D eigenvalue weighted by Gasteiger charge is -2.09. The summed E-state index contributed by atoms with van der Waals surface area (Å²) in [4.78, 5) is 24.3. The van der Waals surface area contributed by atoms with Crippen LogP contribution in [0.25, 0.3) is 22.6 Å². The first-order valence-corrected chi connectivity index (χ1v) is 8.02. The third-order valence-electron chi connectivity index (χ3n) is 3.48. The Hall–Kier alpha value is -3.06. The summed E-state index contributed by atoms with van der Waals surface area (Å²) in [6.45, 7) is 1.00. The van der Waals surface area contributed by atoms with E-state index in [4.69, 9.17) is 14.6 Å². The molecule has 2 N–H and O–H groups in total. The van der Waals surface area contributed by atoms with Crippen molar-refractivity contribution in [2.24, 2.45) is 0 Å². The highest BCUT2D eigenvalue weighted by Gasteiger charge is 2.37. The first kappa shape index (κ1) is 19.3. The Labute approximate surface area is 155 Å². The molecule has 0 saturated carbocycles. The normalized spacial score (nSPS) is 10.5. The van der Waals surface area contributed by atoms with Gasteiger partial charge in [0, 0.05) is 11.1 Å². The fourth-order valence-electron chi connectivity index (χ4n) is 1.93. The second kappa shape index (κ2) is 8.35. The van der Waals surface area contributed by atoms with Crippen LogP contribution in [-0.2, 0) is 9.59 Å². The van der Waals surface area contributed by atoms with Gasteiger partial charge in [-0.15, -0.1) is 12.6 Å². The molecule has 0 radical (unpaired) electrons. The maximum atomic E-state index is 10.0. The molecule has 3 rings (SSSR count). The van der Waals surface area contributed by atoms with Gasteiger partial charge in [-0.2, -0.15) is 0 Å². The molecule has 134 valence electrons. The first-order valence-electron chi connectivity index (χ1n) is 7.57. The lowest BCUT2D eigenvalue weighted by Crippen LogP contribution is -2.37. The summed E-state index contributed by atoms with van der Waals surface area (Å²) in [6, 6.07) is 20.1. The highest BCUT2D eigenvalue weighted by Crippen LogP contribution is 2.30. The zero-order chi connectivity index (χ0) is 19.2. The molecule has 3 aromatic rings. The fraction of sp³-hybridized carbons (Fsp3) is 0.105. The van der Waals surface area contributed by atoms with Crippen LogP contribution in [0.1, 0.15) is 6.92 Å².